The molecule has 5 aromatic rings. The summed E-state index contributed by atoms with van der Waals surface area (Å²) in [4.78, 5) is 17.1. The quantitative estimate of drug-likeness (QED) is 0.244. The smallest absolute Gasteiger partial charge is 0.167 e. The number of rotatable bonds is 0. The molecule has 6 rings (SSSR count). The van der Waals surface area contributed by atoms with Crippen LogP contribution in [0.4, 0.5) is 0 Å². The highest BCUT2D eigenvalue weighted by molar-refractivity contribution is 6.19. The van der Waals surface area contributed by atoms with E-state index in [2.05, 4.69) is 54.6 Å². The Morgan fingerprint density at radius 1 is 0.704 bits per heavy atom. The summed E-state index contributed by atoms with van der Waals surface area (Å²) in [5.41, 5.74) is 3.87. The van der Waals surface area contributed by atoms with Crippen LogP contribution >= 0.6 is 0 Å². The van der Waals surface area contributed by atoms with Crippen LogP contribution in [0.15, 0.2) is 72.8 Å². The number of carbonyl (C=O) groups excluding carboxylic acids is 1. The number of fused-ring (bicyclic) bond motifs is 7. The van der Waals surface area contributed by atoms with Crippen molar-refractivity contribution in [2.45, 2.75) is 6.42 Å². The lowest BCUT2D eigenvalue weighted by Gasteiger charge is -2.13. The lowest BCUT2D eigenvalue weighted by Crippen LogP contribution is -2.04. The molecule has 2 heteroatoms. The third-order valence-electron chi connectivity index (χ3n) is 5.58. The molecular formula is C25H15NO. The first kappa shape index (κ1) is 14.6. The van der Waals surface area contributed by atoms with Crippen molar-refractivity contribution in [1.82, 2.24) is 4.98 Å². The molecule has 4 aromatic carbocycles. The highest BCUT2D eigenvalue weighted by atomic mass is 16.1. The number of allylic oxidation sites excluding steroid dienone is 1. The lowest BCUT2D eigenvalue weighted by molar-refractivity contribution is 0.0994. The van der Waals surface area contributed by atoms with Crippen molar-refractivity contribution in [3.8, 4) is 0 Å². The van der Waals surface area contributed by atoms with Gasteiger partial charge in [-0.25, -0.2) is 4.98 Å². The monoisotopic (exact) mass is 345 g/mol. The average molecular weight is 345 g/mol. The molecule has 0 fully saturated rings. The van der Waals surface area contributed by atoms with Crippen LogP contribution in [0.25, 0.3) is 49.4 Å². The summed E-state index contributed by atoms with van der Waals surface area (Å²) in [6.45, 7) is 0. The number of benzene rings is 4. The molecule has 0 saturated heterocycles. The fourth-order valence-corrected chi connectivity index (χ4v) is 4.24. The van der Waals surface area contributed by atoms with Crippen molar-refractivity contribution in [1.29, 1.82) is 0 Å². The first-order valence-corrected chi connectivity index (χ1v) is 9.17. The second-order valence-electron chi connectivity index (χ2n) is 7.16. The van der Waals surface area contributed by atoms with Crippen LogP contribution in [0.2, 0.25) is 0 Å². The molecule has 0 N–H and O–H groups in total. The number of pyridine rings is 1. The summed E-state index contributed by atoms with van der Waals surface area (Å²) in [7, 11) is 0. The van der Waals surface area contributed by atoms with Gasteiger partial charge in [-0.15, -0.1) is 0 Å². The molecule has 0 amide bonds. The van der Waals surface area contributed by atoms with Crippen molar-refractivity contribution >= 4 is 55.2 Å². The predicted molar refractivity (Wildman–Crippen MR) is 112 cm³/mol. The van der Waals surface area contributed by atoms with Crippen molar-refractivity contribution in [3.05, 3.63) is 83.9 Å². The molecule has 1 heterocycles. The highest BCUT2D eigenvalue weighted by Crippen LogP contribution is 2.34. The Bertz CT molecular complexity index is 1460. The van der Waals surface area contributed by atoms with Gasteiger partial charge in [0.1, 0.15) is 0 Å². The van der Waals surface area contributed by atoms with Gasteiger partial charge in [-0.3, -0.25) is 4.79 Å². The topological polar surface area (TPSA) is 30.0 Å². The van der Waals surface area contributed by atoms with E-state index >= 15 is 0 Å². The zero-order valence-corrected chi connectivity index (χ0v) is 14.6. The molecule has 0 unspecified atom stereocenters. The van der Waals surface area contributed by atoms with E-state index in [0.29, 0.717) is 6.42 Å². The number of Topliss-reactive ketones (excluding diaryl/α,β-unsaturated/α-hetero) is 1. The second kappa shape index (κ2) is 5.24. The second-order valence-corrected chi connectivity index (χ2v) is 7.16. The maximum Gasteiger partial charge on any atom is 0.167 e. The van der Waals surface area contributed by atoms with Gasteiger partial charge >= 0.3 is 0 Å². The number of hydrogen-bond acceptors (Lipinski definition) is 2. The van der Waals surface area contributed by atoms with Crippen LogP contribution in [-0.4, -0.2) is 10.8 Å². The fourth-order valence-electron chi connectivity index (χ4n) is 4.24. The fraction of sp³-hybridized carbons (Fsp3) is 0.0400. The molecule has 0 radical (unpaired) electrons. The minimum atomic E-state index is 0.198. The lowest BCUT2D eigenvalue weighted by atomic mass is 9.90. The summed E-state index contributed by atoms with van der Waals surface area (Å²) >= 11 is 0. The van der Waals surface area contributed by atoms with Gasteiger partial charge in [-0.05, 0) is 57.4 Å². The van der Waals surface area contributed by atoms with Crippen LogP contribution in [0.5, 0.6) is 0 Å². The van der Waals surface area contributed by atoms with E-state index < -0.39 is 0 Å². The Morgan fingerprint density at radius 2 is 1.56 bits per heavy atom. The summed E-state index contributed by atoms with van der Waals surface area (Å²) in [5, 5.41) is 7.00. The van der Waals surface area contributed by atoms with Crippen molar-refractivity contribution in [3.63, 3.8) is 0 Å². The number of hydrogen-bond donors (Lipinski definition) is 0. The van der Waals surface area contributed by atoms with E-state index in [1.54, 1.807) is 0 Å². The molecule has 1 aromatic heterocycles. The number of para-hydroxylation sites is 1. The molecule has 126 valence electrons. The molecule has 27 heavy (non-hydrogen) atoms. The van der Waals surface area contributed by atoms with Crippen LogP contribution < -0.4 is 0 Å². The van der Waals surface area contributed by atoms with Gasteiger partial charge in [0, 0.05) is 22.8 Å². The Morgan fingerprint density at radius 3 is 2.52 bits per heavy atom. The Hall–Kier alpha value is -3.52. The number of nitrogens with zero attached hydrogens (tertiary/aromatic N) is 1. The molecule has 0 bridgehead atoms. The zero-order valence-electron chi connectivity index (χ0n) is 14.6. The van der Waals surface area contributed by atoms with Gasteiger partial charge in [-0.2, -0.15) is 0 Å². The Kier molecular flexibility index (Phi) is 2.84. The zero-order chi connectivity index (χ0) is 18.0. The maximum atomic E-state index is 12.2. The maximum absolute atomic E-state index is 12.2. The normalized spacial score (nSPS) is 13.7. The number of ketones is 1. The predicted octanol–water partition coefficient (Wildman–Crippen LogP) is 6.29. The van der Waals surface area contributed by atoms with E-state index in [1.165, 1.54) is 16.2 Å². The molecule has 1 aliphatic rings. The van der Waals surface area contributed by atoms with Gasteiger partial charge in [0.15, 0.2) is 5.78 Å². The van der Waals surface area contributed by atoms with Gasteiger partial charge in [-0.1, -0.05) is 48.6 Å². The third kappa shape index (κ3) is 2.07. The first-order chi connectivity index (χ1) is 13.3. The van der Waals surface area contributed by atoms with E-state index in [0.717, 1.165) is 38.3 Å². The van der Waals surface area contributed by atoms with Crippen LogP contribution in [0.3, 0.4) is 0 Å². The summed E-state index contributed by atoms with van der Waals surface area (Å²) in [5.74, 6) is 0.198. The van der Waals surface area contributed by atoms with E-state index in [4.69, 9.17) is 4.98 Å². The third-order valence-corrected chi connectivity index (χ3v) is 5.58. The van der Waals surface area contributed by atoms with Gasteiger partial charge in [0.2, 0.25) is 0 Å². The van der Waals surface area contributed by atoms with E-state index in [-0.39, 0.29) is 5.78 Å². The molecular weight excluding hydrogens is 330 g/mol. The van der Waals surface area contributed by atoms with Crippen LogP contribution in [0, 0.1) is 0 Å². The van der Waals surface area contributed by atoms with Gasteiger partial charge in [0.05, 0.1) is 11.0 Å². The largest absolute Gasteiger partial charge is 0.294 e. The number of aromatic nitrogens is 1. The molecule has 2 nitrogen and oxygen atoms in total. The summed E-state index contributed by atoms with van der Waals surface area (Å²) in [6.07, 6.45) is 4.51. The van der Waals surface area contributed by atoms with E-state index in [1.807, 2.05) is 24.3 Å². The van der Waals surface area contributed by atoms with Crippen molar-refractivity contribution < 1.29 is 4.79 Å². The van der Waals surface area contributed by atoms with Crippen LogP contribution in [-0.2, 0) is 0 Å². The molecule has 0 aliphatic heterocycles. The highest BCUT2D eigenvalue weighted by Gasteiger charge is 2.15. The molecule has 0 atom stereocenters. The van der Waals surface area contributed by atoms with Crippen molar-refractivity contribution in [2.24, 2.45) is 0 Å². The number of carbonyl (C=O) groups is 1. The Labute approximate surface area is 155 Å². The SMILES string of the molecule is O=C1CC=Cc2cc3c(ccc4c5cc6ccccc6nc5ccc34)cc21. The first-order valence-electron chi connectivity index (χ1n) is 9.17. The molecule has 0 saturated carbocycles. The molecule has 1 aliphatic carbocycles. The van der Waals surface area contributed by atoms with Gasteiger partial charge in [0.25, 0.3) is 0 Å². The summed E-state index contributed by atoms with van der Waals surface area (Å²) in [6, 6.07) is 23.2. The van der Waals surface area contributed by atoms with Crippen LogP contribution in [0.1, 0.15) is 22.3 Å². The van der Waals surface area contributed by atoms with Gasteiger partial charge < -0.3 is 0 Å². The summed E-state index contributed by atoms with van der Waals surface area (Å²) < 4.78 is 0. The minimum absolute atomic E-state index is 0.198. The average Bonchev–Trinajstić information content (AvgIpc) is 2.71. The standard InChI is InChI=1S/C25H15NO/c27-25-7-3-5-15-12-20-16(13-21(15)25)8-9-19-18(20)10-11-24-22(19)14-17-4-1-2-6-23(17)26-24/h1-6,8-14H,7H2. The Balaban J connectivity index is 1.75. The minimum Gasteiger partial charge on any atom is -0.294 e. The molecule has 0 spiro atoms. The van der Waals surface area contributed by atoms with Crippen molar-refractivity contribution in [2.75, 3.05) is 0 Å². The van der Waals surface area contributed by atoms with E-state index in [9.17, 15) is 4.79 Å².